The van der Waals surface area contributed by atoms with Gasteiger partial charge in [0.05, 0.1) is 42.7 Å². The molecule has 0 unspecified atom stereocenters. The van der Waals surface area contributed by atoms with Crippen LogP contribution in [0.1, 0.15) is 99.0 Å². The van der Waals surface area contributed by atoms with Gasteiger partial charge in [0.1, 0.15) is 12.1 Å². The number of carbonyl (C=O) groups is 5. The number of rotatable bonds is 23. The predicted octanol–water partition coefficient (Wildman–Crippen LogP) is 3.82. The van der Waals surface area contributed by atoms with E-state index in [0.29, 0.717) is 37.5 Å². The summed E-state index contributed by atoms with van der Waals surface area (Å²) < 4.78 is 12.0. The molecule has 9 atom stereocenters. The lowest BCUT2D eigenvalue weighted by molar-refractivity contribution is -0.148. The normalized spacial score (nSPS) is 19.8. The summed E-state index contributed by atoms with van der Waals surface area (Å²) in [6.07, 6.45) is 3.51. The number of amides is 5. The van der Waals surface area contributed by atoms with Gasteiger partial charge >= 0.3 is 0 Å². The van der Waals surface area contributed by atoms with Gasteiger partial charge in [0.2, 0.25) is 29.5 Å². The van der Waals surface area contributed by atoms with Crippen LogP contribution in [0.5, 0.6) is 0 Å². The van der Waals surface area contributed by atoms with Gasteiger partial charge in [0.15, 0.2) is 0 Å². The Kier molecular flexibility index (Phi) is 18.9. The van der Waals surface area contributed by atoms with Crippen LogP contribution in [0.15, 0.2) is 24.3 Å². The lowest BCUT2D eigenvalue weighted by atomic mass is 9.89. The zero-order valence-corrected chi connectivity index (χ0v) is 37.4. The van der Waals surface area contributed by atoms with Crippen molar-refractivity contribution < 1.29 is 33.4 Å². The molecule has 1 aliphatic heterocycles. The summed E-state index contributed by atoms with van der Waals surface area (Å²) >= 11 is 0. The molecule has 14 heteroatoms. The van der Waals surface area contributed by atoms with Crippen LogP contribution in [0.25, 0.3) is 0 Å². The lowest BCUT2D eigenvalue weighted by Crippen LogP contribution is -2.59. The molecule has 5 amide bonds. The van der Waals surface area contributed by atoms with Gasteiger partial charge in [-0.2, -0.15) is 0 Å². The minimum absolute atomic E-state index is 0.0169. The standard InChI is InChI=1S/C44H75N7O7/c1-13-28(6)39(50(10)44(56)37(26(2)3)48-43(55)38(27(4)5)49(8)9)35(57-11)24-36(52)51-22-14-15-34(51)40(58-12)29(7)41(53)47-33(23-30-16-17-30)42(54)46-25-31-18-20-32(45)21-19-31/h18-21,26-30,33-35,37-40H,13-17,22-25,45H2,1-12H3,(H,46,54)(H,47,53)(H,48,55)/t28-,29+,33-,34-,35+,37-,38-,39-,40+/m0/s1. The average Bonchev–Trinajstić information content (AvgIpc) is 3.87. The number of nitrogen functional groups attached to an aromatic ring is 1. The van der Waals surface area contributed by atoms with E-state index >= 15 is 0 Å². The van der Waals surface area contributed by atoms with E-state index in [9.17, 15) is 24.0 Å². The highest BCUT2D eigenvalue weighted by molar-refractivity contribution is 5.90. The van der Waals surface area contributed by atoms with Crippen LogP contribution in [0.3, 0.4) is 0 Å². The molecule has 3 rings (SSSR count). The van der Waals surface area contributed by atoms with E-state index in [1.54, 1.807) is 50.1 Å². The molecule has 1 saturated heterocycles. The highest BCUT2D eigenvalue weighted by Gasteiger charge is 2.44. The van der Waals surface area contributed by atoms with E-state index in [0.717, 1.165) is 31.2 Å². The first kappa shape index (κ1) is 48.6. The Morgan fingerprint density at radius 3 is 2.02 bits per heavy atom. The fourth-order valence-electron chi connectivity index (χ4n) is 8.58. The Bertz CT molecular complexity index is 1490. The summed E-state index contributed by atoms with van der Waals surface area (Å²) in [6, 6.07) is 4.60. The van der Waals surface area contributed by atoms with Crippen LogP contribution in [0.4, 0.5) is 5.69 Å². The van der Waals surface area contributed by atoms with Crippen molar-refractivity contribution in [3.05, 3.63) is 29.8 Å². The van der Waals surface area contributed by atoms with E-state index < -0.39 is 42.3 Å². The quantitative estimate of drug-likeness (QED) is 0.120. The van der Waals surface area contributed by atoms with Crippen molar-refractivity contribution in [1.82, 2.24) is 30.7 Å². The van der Waals surface area contributed by atoms with Gasteiger partial charge in [-0.1, -0.05) is 79.9 Å². The molecule has 0 aromatic heterocycles. The fourth-order valence-corrected chi connectivity index (χ4v) is 8.58. The first-order valence-corrected chi connectivity index (χ1v) is 21.4. The van der Waals surface area contributed by atoms with Crippen molar-refractivity contribution in [2.45, 2.75) is 142 Å². The topological polar surface area (TPSA) is 176 Å². The molecule has 2 fully saturated rings. The number of anilines is 1. The van der Waals surface area contributed by atoms with Gasteiger partial charge < -0.3 is 41.0 Å². The average molecular weight is 814 g/mol. The van der Waals surface area contributed by atoms with Crippen LogP contribution in [0.2, 0.25) is 0 Å². The molecule has 5 N–H and O–H groups in total. The van der Waals surface area contributed by atoms with E-state index in [2.05, 4.69) is 16.0 Å². The number of benzene rings is 1. The number of hydrogen-bond acceptors (Lipinski definition) is 9. The number of carbonyl (C=O) groups excluding carboxylic acids is 5. The SMILES string of the molecule is CC[C@H](C)[C@@H]([C@@H](CC(=O)N1CCC[C@H]1[C@H](OC)[C@@H](C)C(=O)N[C@@H](CC1CC1)C(=O)NCc1ccc(N)cc1)OC)N(C)C(=O)[C@@H](NC(=O)[C@H](C(C)C)N(C)C)C(C)C. The number of nitrogens with zero attached hydrogens (tertiary/aromatic N) is 3. The summed E-state index contributed by atoms with van der Waals surface area (Å²) in [4.78, 5) is 74.6. The third-order valence-corrected chi connectivity index (χ3v) is 12.3. The first-order valence-electron chi connectivity index (χ1n) is 21.4. The molecule has 328 valence electrons. The van der Waals surface area contributed by atoms with Crippen LogP contribution in [0, 0.1) is 29.6 Å². The Morgan fingerprint density at radius 1 is 0.862 bits per heavy atom. The van der Waals surface area contributed by atoms with Crippen molar-refractivity contribution >= 4 is 35.2 Å². The number of hydrogen-bond donors (Lipinski definition) is 4. The number of likely N-dealkylation sites (N-methyl/N-ethyl adjacent to an activating group) is 2. The Morgan fingerprint density at radius 2 is 1.50 bits per heavy atom. The van der Waals surface area contributed by atoms with Crippen molar-refractivity contribution in [2.75, 3.05) is 47.6 Å². The molecule has 1 heterocycles. The second-order valence-electron chi connectivity index (χ2n) is 17.7. The predicted molar refractivity (Wildman–Crippen MR) is 227 cm³/mol. The Labute approximate surface area is 348 Å². The molecule has 1 saturated carbocycles. The molecule has 0 radical (unpaired) electrons. The van der Waals surface area contributed by atoms with Crippen molar-refractivity contribution in [2.24, 2.45) is 29.6 Å². The van der Waals surface area contributed by atoms with E-state index in [1.807, 2.05) is 72.7 Å². The molecule has 1 aromatic carbocycles. The van der Waals surface area contributed by atoms with Crippen molar-refractivity contribution in [3.63, 3.8) is 0 Å². The zero-order chi connectivity index (χ0) is 43.4. The monoisotopic (exact) mass is 814 g/mol. The van der Waals surface area contributed by atoms with Crippen LogP contribution >= 0.6 is 0 Å². The first-order chi connectivity index (χ1) is 27.4. The molecular formula is C44H75N7O7. The van der Waals surface area contributed by atoms with Crippen LogP contribution in [-0.2, 0) is 40.0 Å². The molecule has 0 spiro atoms. The van der Waals surface area contributed by atoms with E-state index in [-0.39, 0.29) is 59.8 Å². The lowest BCUT2D eigenvalue weighted by Gasteiger charge is -2.41. The number of nitrogens with two attached hydrogens (primary N) is 1. The maximum absolute atomic E-state index is 14.3. The Hall–Kier alpha value is -3.75. The second-order valence-corrected chi connectivity index (χ2v) is 17.7. The van der Waals surface area contributed by atoms with Crippen LogP contribution < -0.4 is 21.7 Å². The maximum atomic E-state index is 14.3. The van der Waals surface area contributed by atoms with Crippen LogP contribution in [-0.4, -0.2) is 129 Å². The van der Waals surface area contributed by atoms with Gasteiger partial charge in [-0.15, -0.1) is 0 Å². The number of methoxy groups -OCH3 is 2. The number of nitrogens with one attached hydrogen (secondary N) is 3. The van der Waals surface area contributed by atoms with Gasteiger partial charge in [-0.25, -0.2) is 0 Å². The van der Waals surface area contributed by atoms with E-state index in [1.165, 1.54) is 0 Å². The molecule has 1 aliphatic carbocycles. The smallest absolute Gasteiger partial charge is 0.245 e. The summed E-state index contributed by atoms with van der Waals surface area (Å²) in [5.74, 6) is -1.56. The van der Waals surface area contributed by atoms with Gasteiger partial charge in [-0.05, 0) is 74.7 Å². The minimum Gasteiger partial charge on any atom is -0.399 e. The molecular weight excluding hydrogens is 739 g/mol. The summed E-state index contributed by atoms with van der Waals surface area (Å²) in [7, 11) is 8.56. The van der Waals surface area contributed by atoms with Gasteiger partial charge in [0.25, 0.3) is 0 Å². The fraction of sp³-hybridized carbons (Fsp3) is 0.750. The molecule has 14 nitrogen and oxygen atoms in total. The van der Waals surface area contributed by atoms with Crippen molar-refractivity contribution in [3.8, 4) is 0 Å². The van der Waals surface area contributed by atoms with Crippen molar-refractivity contribution in [1.29, 1.82) is 0 Å². The third-order valence-electron chi connectivity index (χ3n) is 12.3. The minimum atomic E-state index is -0.768. The maximum Gasteiger partial charge on any atom is 0.245 e. The Balaban J connectivity index is 1.75. The second kappa shape index (κ2) is 22.6. The summed E-state index contributed by atoms with van der Waals surface area (Å²) in [6.45, 7) is 14.5. The number of likely N-dealkylation sites (tertiary alicyclic amines) is 1. The largest absolute Gasteiger partial charge is 0.399 e. The summed E-state index contributed by atoms with van der Waals surface area (Å²) in [5.41, 5.74) is 7.36. The zero-order valence-electron chi connectivity index (χ0n) is 37.4. The summed E-state index contributed by atoms with van der Waals surface area (Å²) in [5, 5.41) is 9.03. The highest BCUT2D eigenvalue weighted by Crippen LogP contribution is 2.34. The molecule has 0 bridgehead atoms. The third kappa shape index (κ3) is 13.1. The van der Waals surface area contributed by atoms with Gasteiger partial charge in [-0.3, -0.25) is 28.9 Å². The van der Waals surface area contributed by atoms with Gasteiger partial charge in [0, 0.05) is 40.0 Å². The molecule has 1 aromatic rings. The molecule has 58 heavy (non-hydrogen) atoms. The van der Waals surface area contributed by atoms with E-state index in [4.69, 9.17) is 15.2 Å². The molecule has 2 aliphatic rings. The highest BCUT2D eigenvalue weighted by atomic mass is 16.5. The number of ether oxygens (including phenoxy) is 2.